The van der Waals surface area contributed by atoms with E-state index in [0.29, 0.717) is 16.9 Å². The first-order valence-electron chi connectivity index (χ1n) is 5.56. The van der Waals surface area contributed by atoms with E-state index in [1.807, 2.05) is 13.0 Å². The van der Waals surface area contributed by atoms with E-state index >= 15 is 0 Å². The third-order valence-corrected chi connectivity index (χ3v) is 2.94. The summed E-state index contributed by atoms with van der Waals surface area (Å²) >= 11 is 0. The van der Waals surface area contributed by atoms with Gasteiger partial charge in [0, 0.05) is 11.5 Å². The van der Waals surface area contributed by atoms with Gasteiger partial charge in [-0.2, -0.15) is 5.21 Å². The molecule has 0 spiro atoms. The van der Waals surface area contributed by atoms with Crippen molar-refractivity contribution in [1.82, 2.24) is 20.6 Å². The number of aromatic amines is 1. The first-order chi connectivity index (χ1) is 9.20. The Kier molecular flexibility index (Phi) is 2.52. The van der Waals surface area contributed by atoms with Crippen molar-refractivity contribution in [1.29, 1.82) is 0 Å². The average molecular weight is 258 g/mol. The summed E-state index contributed by atoms with van der Waals surface area (Å²) in [6.07, 6.45) is 0. The topological polar surface area (TPSA) is 93.9 Å². The van der Waals surface area contributed by atoms with E-state index < -0.39 is 5.63 Å². The van der Waals surface area contributed by atoms with Gasteiger partial charge in [0.2, 0.25) is 5.82 Å². The lowest BCUT2D eigenvalue weighted by Crippen LogP contribution is -2.07. The fourth-order valence-corrected chi connectivity index (χ4v) is 1.99. The molecule has 0 atom stereocenters. The monoisotopic (exact) mass is 258 g/mol. The maximum absolute atomic E-state index is 12.0. The van der Waals surface area contributed by atoms with Crippen molar-refractivity contribution in [3.63, 3.8) is 0 Å². The van der Waals surface area contributed by atoms with Gasteiger partial charge in [0.05, 0.1) is 7.11 Å². The Bertz CT molecular complexity index is 793. The summed E-state index contributed by atoms with van der Waals surface area (Å²) in [7, 11) is 1.56. The number of hydrogen-bond acceptors (Lipinski definition) is 6. The Labute approximate surface area is 107 Å². The highest BCUT2D eigenvalue weighted by Gasteiger charge is 2.16. The maximum Gasteiger partial charge on any atom is 0.347 e. The lowest BCUT2D eigenvalue weighted by atomic mass is 10.1. The number of rotatable bonds is 2. The molecule has 0 fully saturated rings. The predicted octanol–water partition coefficient (Wildman–Crippen LogP) is 1.29. The normalized spacial score (nSPS) is 10.8. The molecular formula is C12H10N4O3. The smallest absolute Gasteiger partial charge is 0.347 e. The van der Waals surface area contributed by atoms with E-state index in [2.05, 4.69) is 20.6 Å². The van der Waals surface area contributed by atoms with Crippen LogP contribution >= 0.6 is 0 Å². The highest BCUT2D eigenvalue weighted by Crippen LogP contribution is 2.26. The van der Waals surface area contributed by atoms with Crippen molar-refractivity contribution < 1.29 is 9.15 Å². The molecule has 7 nitrogen and oxygen atoms in total. The molecule has 2 heterocycles. The summed E-state index contributed by atoms with van der Waals surface area (Å²) in [6, 6.07) is 5.30. The molecule has 0 unspecified atom stereocenters. The molecule has 1 aromatic carbocycles. The number of nitrogens with one attached hydrogen (secondary N) is 1. The summed E-state index contributed by atoms with van der Waals surface area (Å²) in [4.78, 5) is 12.0. The third-order valence-electron chi connectivity index (χ3n) is 2.94. The highest BCUT2D eigenvalue weighted by atomic mass is 16.5. The summed E-state index contributed by atoms with van der Waals surface area (Å²) in [5.74, 6) is 0.853. The van der Waals surface area contributed by atoms with Crippen LogP contribution in [0.15, 0.2) is 27.4 Å². The SMILES string of the molecule is COc1ccc2c(C)c(-c3nn[nH]n3)c(=O)oc2c1. The predicted molar refractivity (Wildman–Crippen MR) is 66.9 cm³/mol. The van der Waals surface area contributed by atoms with Gasteiger partial charge in [0.15, 0.2) is 0 Å². The van der Waals surface area contributed by atoms with E-state index in [9.17, 15) is 4.79 Å². The lowest BCUT2D eigenvalue weighted by Gasteiger charge is -2.06. The Morgan fingerprint density at radius 2 is 2.21 bits per heavy atom. The van der Waals surface area contributed by atoms with Crippen molar-refractivity contribution in [2.45, 2.75) is 6.92 Å². The van der Waals surface area contributed by atoms with Gasteiger partial charge in [-0.25, -0.2) is 4.79 Å². The van der Waals surface area contributed by atoms with Crippen LogP contribution in [0.4, 0.5) is 0 Å². The van der Waals surface area contributed by atoms with Gasteiger partial charge < -0.3 is 9.15 Å². The largest absolute Gasteiger partial charge is 0.497 e. The number of methoxy groups -OCH3 is 1. The maximum atomic E-state index is 12.0. The number of ether oxygens (including phenoxy) is 1. The molecule has 19 heavy (non-hydrogen) atoms. The Morgan fingerprint density at radius 3 is 2.89 bits per heavy atom. The van der Waals surface area contributed by atoms with Crippen molar-refractivity contribution in [3.05, 3.63) is 34.2 Å². The quantitative estimate of drug-likeness (QED) is 0.696. The molecule has 0 bridgehead atoms. The molecule has 0 aliphatic heterocycles. The zero-order chi connectivity index (χ0) is 13.4. The second kappa shape index (κ2) is 4.20. The van der Waals surface area contributed by atoms with Crippen LogP contribution < -0.4 is 10.4 Å². The molecule has 0 aliphatic carbocycles. The molecule has 0 saturated carbocycles. The minimum atomic E-state index is -0.500. The van der Waals surface area contributed by atoms with Crippen molar-refractivity contribution in [2.24, 2.45) is 0 Å². The number of hydrogen-bond donors (Lipinski definition) is 1. The van der Waals surface area contributed by atoms with Crippen LogP contribution in [0.5, 0.6) is 5.75 Å². The first-order valence-corrected chi connectivity index (χ1v) is 5.56. The summed E-state index contributed by atoms with van der Waals surface area (Å²) < 4.78 is 10.4. The van der Waals surface area contributed by atoms with Crippen molar-refractivity contribution >= 4 is 11.0 Å². The van der Waals surface area contributed by atoms with Gasteiger partial charge in [0.25, 0.3) is 0 Å². The van der Waals surface area contributed by atoms with E-state index in [4.69, 9.17) is 9.15 Å². The molecule has 0 radical (unpaired) electrons. The summed E-state index contributed by atoms with van der Waals surface area (Å²) in [6.45, 7) is 1.82. The fraction of sp³-hybridized carbons (Fsp3) is 0.167. The Morgan fingerprint density at radius 1 is 1.37 bits per heavy atom. The number of benzene rings is 1. The lowest BCUT2D eigenvalue weighted by molar-refractivity contribution is 0.414. The molecule has 7 heteroatoms. The molecule has 3 rings (SSSR count). The second-order valence-electron chi connectivity index (χ2n) is 3.99. The zero-order valence-corrected chi connectivity index (χ0v) is 10.3. The fourth-order valence-electron chi connectivity index (χ4n) is 1.99. The molecule has 2 aromatic heterocycles. The van der Waals surface area contributed by atoms with Crippen LogP contribution in [-0.4, -0.2) is 27.7 Å². The first kappa shape index (κ1) is 11.4. The van der Waals surface area contributed by atoms with Crippen molar-refractivity contribution in [3.8, 4) is 17.1 Å². The van der Waals surface area contributed by atoms with Gasteiger partial charge in [-0.05, 0) is 29.8 Å². The molecule has 1 N–H and O–H groups in total. The number of nitrogens with zero attached hydrogens (tertiary/aromatic N) is 3. The number of H-pyrrole nitrogens is 1. The third kappa shape index (κ3) is 1.75. The summed E-state index contributed by atoms with van der Waals surface area (Å²) in [5.41, 5.74) is 1.02. The van der Waals surface area contributed by atoms with Crippen LogP contribution in [0.3, 0.4) is 0 Å². The van der Waals surface area contributed by atoms with Crippen LogP contribution in [0.2, 0.25) is 0 Å². The van der Waals surface area contributed by atoms with E-state index in [0.717, 1.165) is 10.9 Å². The molecule has 0 saturated heterocycles. The molecule has 3 aromatic rings. The number of aromatic nitrogens is 4. The second-order valence-corrected chi connectivity index (χ2v) is 3.99. The van der Waals surface area contributed by atoms with Crippen molar-refractivity contribution in [2.75, 3.05) is 7.11 Å². The van der Waals surface area contributed by atoms with E-state index in [1.165, 1.54) is 0 Å². The van der Waals surface area contributed by atoms with Gasteiger partial charge >= 0.3 is 5.63 Å². The zero-order valence-electron chi connectivity index (χ0n) is 10.3. The Balaban J connectivity index is 2.35. The van der Waals surface area contributed by atoms with Crippen LogP contribution in [-0.2, 0) is 0 Å². The average Bonchev–Trinajstić information content (AvgIpc) is 2.91. The summed E-state index contributed by atoms with van der Waals surface area (Å²) in [5, 5.41) is 14.2. The molecule has 96 valence electrons. The molecule has 0 aliphatic rings. The number of aryl methyl sites for hydroxylation is 1. The van der Waals surface area contributed by atoms with E-state index in [1.54, 1.807) is 19.2 Å². The molecule has 0 amide bonds. The van der Waals surface area contributed by atoms with Gasteiger partial charge in [-0.15, -0.1) is 10.2 Å². The van der Waals surface area contributed by atoms with Crippen LogP contribution in [0.1, 0.15) is 5.56 Å². The standard InChI is InChI=1S/C12H10N4O3/c1-6-8-4-3-7(18-2)5-9(8)19-12(17)10(6)11-13-15-16-14-11/h3-5H,1-2H3,(H,13,14,15,16). The van der Waals surface area contributed by atoms with Gasteiger partial charge in [-0.3, -0.25) is 0 Å². The molecular weight excluding hydrogens is 248 g/mol. The van der Waals surface area contributed by atoms with Gasteiger partial charge in [0.1, 0.15) is 16.9 Å². The van der Waals surface area contributed by atoms with E-state index in [-0.39, 0.29) is 5.82 Å². The van der Waals surface area contributed by atoms with Gasteiger partial charge in [-0.1, -0.05) is 0 Å². The van der Waals surface area contributed by atoms with Crippen LogP contribution in [0, 0.1) is 6.92 Å². The number of tetrazole rings is 1. The minimum Gasteiger partial charge on any atom is -0.497 e. The number of fused-ring (bicyclic) bond motifs is 1. The Hall–Kier alpha value is -2.70. The minimum absolute atomic E-state index is 0.226. The highest BCUT2D eigenvalue weighted by molar-refractivity contribution is 5.86. The van der Waals surface area contributed by atoms with Crippen LogP contribution in [0.25, 0.3) is 22.4 Å².